The van der Waals surface area contributed by atoms with E-state index in [-0.39, 0.29) is 48.6 Å². The van der Waals surface area contributed by atoms with Crippen LogP contribution in [-0.2, 0) is 0 Å². The Kier molecular flexibility index (Phi) is 6.96. The Morgan fingerprint density at radius 1 is 1.00 bits per heavy atom. The first-order valence-corrected chi connectivity index (χ1v) is 9.90. The second-order valence-corrected chi connectivity index (χ2v) is 7.67. The quantitative estimate of drug-likeness (QED) is 0.610. The Balaban J connectivity index is 0.00000128. The minimum atomic E-state index is -0.345. The number of pyridine rings is 1. The predicted octanol–water partition coefficient (Wildman–Crippen LogP) is 4.85. The molecule has 2 saturated heterocycles. The van der Waals surface area contributed by atoms with Crippen molar-refractivity contribution in [2.45, 2.75) is 31.3 Å². The van der Waals surface area contributed by atoms with Crippen molar-refractivity contribution in [2.24, 2.45) is 0 Å². The van der Waals surface area contributed by atoms with Crippen LogP contribution in [0.1, 0.15) is 29.6 Å². The Morgan fingerprint density at radius 2 is 1.77 bits per heavy atom. The zero-order chi connectivity index (χ0) is 19.1. The van der Waals surface area contributed by atoms with Crippen molar-refractivity contribution in [3.05, 3.63) is 66.0 Å². The third-order valence-corrected chi connectivity index (χ3v) is 5.96. The topological polar surface area (TPSA) is 45.2 Å². The van der Waals surface area contributed by atoms with Gasteiger partial charge in [-0.05, 0) is 44.0 Å². The molecular formula is C23H24Cl2FN3O. The van der Waals surface area contributed by atoms with Crippen molar-refractivity contribution in [3.8, 4) is 11.3 Å². The summed E-state index contributed by atoms with van der Waals surface area (Å²) in [5.74, 6) is -0.310. The zero-order valence-corrected chi connectivity index (χ0v) is 18.0. The molecule has 2 atom stereocenters. The van der Waals surface area contributed by atoms with E-state index in [1.165, 1.54) is 12.1 Å². The average Bonchev–Trinajstić information content (AvgIpc) is 2.99. The van der Waals surface area contributed by atoms with Gasteiger partial charge in [0, 0.05) is 35.6 Å². The van der Waals surface area contributed by atoms with Gasteiger partial charge in [0.2, 0.25) is 0 Å². The SMILES string of the molecule is Cl.Cl.O=C(c1cc(-c2ccccc2)nc2cc(F)ccc12)N1C2CCNCC1CC2. The van der Waals surface area contributed by atoms with E-state index >= 15 is 0 Å². The molecule has 30 heavy (non-hydrogen) atoms. The smallest absolute Gasteiger partial charge is 0.255 e. The van der Waals surface area contributed by atoms with E-state index in [4.69, 9.17) is 0 Å². The van der Waals surface area contributed by atoms with Crippen LogP contribution in [-0.4, -0.2) is 41.0 Å². The fourth-order valence-electron chi connectivity index (χ4n) is 4.59. The maximum atomic E-state index is 13.9. The number of halogens is 3. The van der Waals surface area contributed by atoms with Crippen molar-refractivity contribution in [2.75, 3.05) is 13.1 Å². The first-order valence-electron chi connectivity index (χ1n) is 9.90. The number of aromatic nitrogens is 1. The molecule has 0 spiro atoms. The van der Waals surface area contributed by atoms with Crippen molar-refractivity contribution in [1.82, 2.24) is 15.2 Å². The van der Waals surface area contributed by atoms with Crippen LogP contribution < -0.4 is 5.32 Å². The van der Waals surface area contributed by atoms with Crippen LogP contribution in [0.4, 0.5) is 4.39 Å². The maximum Gasteiger partial charge on any atom is 0.255 e. The van der Waals surface area contributed by atoms with E-state index in [2.05, 4.69) is 15.2 Å². The van der Waals surface area contributed by atoms with Crippen LogP contribution in [0, 0.1) is 5.82 Å². The van der Waals surface area contributed by atoms with Crippen LogP contribution >= 0.6 is 24.8 Å². The van der Waals surface area contributed by atoms with Crippen LogP contribution in [0.3, 0.4) is 0 Å². The lowest BCUT2D eigenvalue weighted by molar-refractivity contribution is 0.0682. The lowest BCUT2D eigenvalue weighted by Crippen LogP contribution is -2.42. The molecule has 1 amide bonds. The first kappa shape index (κ1) is 22.5. The van der Waals surface area contributed by atoms with Gasteiger partial charge >= 0.3 is 0 Å². The lowest BCUT2D eigenvalue weighted by Gasteiger charge is -2.28. The van der Waals surface area contributed by atoms with E-state index in [0.717, 1.165) is 37.9 Å². The summed E-state index contributed by atoms with van der Waals surface area (Å²) in [5, 5.41) is 4.15. The molecule has 7 heteroatoms. The monoisotopic (exact) mass is 447 g/mol. The van der Waals surface area contributed by atoms with E-state index in [9.17, 15) is 9.18 Å². The van der Waals surface area contributed by atoms with Crippen LogP contribution in [0.5, 0.6) is 0 Å². The summed E-state index contributed by atoms with van der Waals surface area (Å²) in [7, 11) is 0. The maximum absolute atomic E-state index is 13.9. The van der Waals surface area contributed by atoms with Gasteiger partial charge in [-0.2, -0.15) is 0 Å². The fraction of sp³-hybridized carbons (Fsp3) is 0.304. The highest BCUT2D eigenvalue weighted by Gasteiger charge is 2.38. The van der Waals surface area contributed by atoms with Gasteiger partial charge < -0.3 is 10.2 Å². The van der Waals surface area contributed by atoms with Gasteiger partial charge in [0.1, 0.15) is 5.82 Å². The minimum Gasteiger partial charge on any atom is -0.331 e. The summed E-state index contributed by atoms with van der Waals surface area (Å²) in [4.78, 5) is 20.4. The number of hydrogen-bond acceptors (Lipinski definition) is 3. The van der Waals surface area contributed by atoms with Crippen LogP contribution in [0.2, 0.25) is 0 Å². The Morgan fingerprint density at radius 3 is 2.57 bits per heavy atom. The van der Waals surface area contributed by atoms with Gasteiger partial charge in [0.05, 0.1) is 16.8 Å². The molecule has 1 aromatic heterocycles. The standard InChI is InChI=1S/C23H22FN3O.2ClH/c24-16-6-9-19-20(23(28)27-17-7-8-18(27)14-25-11-10-17)13-21(26-22(19)12-16)15-4-2-1-3-5-15;;/h1-6,9,12-13,17-18,25H,7-8,10-11,14H2;2*1H. The molecule has 2 bridgehead atoms. The third kappa shape index (κ3) is 4.02. The normalized spacial score (nSPS) is 20.2. The summed E-state index contributed by atoms with van der Waals surface area (Å²) in [6, 6.07) is 16.6. The molecular weight excluding hydrogens is 424 g/mol. The van der Waals surface area contributed by atoms with Gasteiger partial charge in [-0.3, -0.25) is 4.79 Å². The fourth-order valence-corrected chi connectivity index (χ4v) is 4.59. The first-order chi connectivity index (χ1) is 13.7. The number of nitrogens with zero attached hydrogens (tertiary/aromatic N) is 2. The molecule has 158 valence electrons. The van der Waals surface area contributed by atoms with E-state index in [0.29, 0.717) is 22.2 Å². The summed E-state index contributed by atoms with van der Waals surface area (Å²) >= 11 is 0. The average molecular weight is 448 g/mol. The molecule has 2 unspecified atom stereocenters. The number of carbonyl (C=O) groups is 1. The molecule has 4 nitrogen and oxygen atoms in total. The van der Waals surface area contributed by atoms with Gasteiger partial charge in [-0.15, -0.1) is 24.8 Å². The summed E-state index contributed by atoms with van der Waals surface area (Å²) < 4.78 is 13.9. The Hall–Kier alpha value is -2.21. The number of amides is 1. The largest absolute Gasteiger partial charge is 0.331 e. The Labute approximate surface area is 187 Å². The van der Waals surface area contributed by atoms with Gasteiger partial charge in [-0.25, -0.2) is 9.37 Å². The third-order valence-electron chi connectivity index (χ3n) is 5.96. The number of carbonyl (C=O) groups excluding carboxylic acids is 1. The number of rotatable bonds is 2. The van der Waals surface area contributed by atoms with Crippen molar-refractivity contribution >= 4 is 41.6 Å². The van der Waals surface area contributed by atoms with E-state index in [1.807, 2.05) is 36.4 Å². The summed E-state index contributed by atoms with van der Waals surface area (Å²) in [5.41, 5.74) is 2.75. The highest BCUT2D eigenvalue weighted by atomic mass is 35.5. The lowest BCUT2D eigenvalue weighted by atomic mass is 10.0. The predicted molar refractivity (Wildman–Crippen MR) is 122 cm³/mol. The van der Waals surface area contributed by atoms with Crippen molar-refractivity contribution < 1.29 is 9.18 Å². The molecule has 3 aromatic rings. The molecule has 2 aromatic carbocycles. The van der Waals surface area contributed by atoms with Gasteiger partial charge in [0.25, 0.3) is 5.91 Å². The van der Waals surface area contributed by atoms with Crippen molar-refractivity contribution in [3.63, 3.8) is 0 Å². The van der Waals surface area contributed by atoms with Crippen molar-refractivity contribution in [1.29, 1.82) is 0 Å². The number of benzene rings is 2. The molecule has 3 heterocycles. The van der Waals surface area contributed by atoms with Gasteiger partial charge in [-0.1, -0.05) is 30.3 Å². The molecule has 0 radical (unpaired) electrons. The second-order valence-electron chi connectivity index (χ2n) is 7.67. The van der Waals surface area contributed by atoms with E-state index < -0.39 is 0 Å². The minimum absolute atomic E-state index is 0. The molecule has 1 N–H and O–H groups in total. The summed E-state index contributed by atoms with van der Waals surface area (Å²) in [6.07, 6.45) is 3.07. The molecule has 2 aliphatic rings. The Bertz CT molecular complexity index is 1030. The number of nitrogens with one attached hydrogen (secondary N) is 1. The molecule has 2 fully saturated rings. The van der Waals surface area contributed by atoms with E-state index in [1.54, 1.807) is 6.07 Å². The molecule has 5 rings (SSSR count). The second kappa shape index (κ2) is 9.29. The van der Waals surface area contributed by atoms with Gasteiger partial charge in [0.15, 0.2) is 0 Å². The highest BCUT2D eigenvalue weighted by Crippen LogP contribution is 2.32. The van der Waals surface area contributed by atoms with Crippen LogP contribution in [0.15, 0.2) is 54.6 Å². The summed E-state index contributed by atoms with van der Waals surface area (Å²) in [6.45, 7) is 1.79. The van der Waals surface area contributed by atoms with Crippen LogP contribution in [0.25, 0.3) is 22.2 Å². The molecule has 0 aliphatic carbocycles. The highest BCUT2D eigenvalue weighted by molar-refractivity contribution is 6.07. The molecule has 0 saturated carbocycles. The molecule has 2 aliphatic heterocycles. The number of hydrogen-bond donors (Lipinski definition) is 1. The zero-order valence-electron chi connectivity index (χ0n) is 16.4. The number of fused-ring (bicyclic) bond motifs is 3.